The molecule has 0 spiro atoms. The number of para-hydroxylation sites is 1. The predicted octanol–water partition coefficient (Wildman–Crippen LogP) is 4.62. The van der Waals surface area contributed by atoms with E-state index in [-0.39, 0.29) is 11.3 Å². The third-order valence-corrected chi connectivity index (χ3v) is 4.88. The molecule has 4 heteroatoms. The third-order valence-electron chi connectivity index (χ3n) is 4.88. The van der Waals surface area contributed by atoms with E-state index in [1.165, 1.54) is 4.90 Å². The van der Waals surface area contributed by atoms with Gasteiger partial charge in [-0.2, -0.15) is 0 Å². The van der Waals surface area contributed by atoms with Crippen LogP contribution in [-0.4, -0.2) is 16.8 Å². The second-order valence-corrected chi connectivity index (χ2v) is 6.78. The van der Waals surface area contributed by atoms with Crippen LogP contribution in [0.5, 0.6) is 0 Å². The minimum absolute atomic E-state index is 0.102. The molecule has 1 amide bonds. The highest BCUT2D eigenvalue weighted by molar-refractivity contribution is 6.51. The van der Waals surface area contributed by atoms with Crippen molar-refractivity contribution < 1.29 is 14.7 Å². The molecule has 1 aliphatic heterocycles. The van der Waals surface area contributed by atoms with Gasteiger partial charge in [0.05, 0.1) is 11.6 Å². The minimum Gasteiger partial charge on any atom is -0.507 e. The van der Waals surface area contributed by atoms with Gasteiger partial charge in [-0.3, -0.25) is 14.5 Å². The lowest BCUT2D eigenvalue weighted by Crippen LogP contribution is -2.29. The van der Waals surface area contributed by atoms with Gasteiger partial charge in [-0.25, -0.2) is 0 Å². The maximum Gasteiger partial charge on any atom is 0.300 e. The number of hydrogen-bond donors (Lipinski definition) is 1. The quantitative estimate of drug-likeness (QED) is 0.416. The largest absolute Gasteiger partial charge is 0.507 e. The van der Waals surface area contributed by atoms with Crippen molar-refractivity contribution in [2.24, 2.45) is 0 Å². The van der Waals surface area contributed by atoms with Crippen molar-refractivity contribution in [1.82, 2.24) is 0 Å². The first-order valence-corrected chi connectivity index (χ1v) is 9.06. The number of ketones is 1. The Kier molecular flexibility index (Phi) is 4.53. The molecule has 0 aromatic heterocycles. The first-order valence-electron chi connectivity index (χ1n) is 9.06. The van der Waals surface area contributed by atoms with Gasteiger partial charge in [-0.1, -0.05) is 78.4 Å². The monoisotopic (exact) mass is 369 g/mol. The molecular weight excluding hydrogens is 350 g/mol. The Hall–Kier alpha value is -3.66. The lowest BCUT2D eigenvalue weighted by atomic mass is 9.94. The van der Waals surface area contributed by atoms with Crippen LogP contribution >= 0.6 is 0 Å². The van der Waals surface area contributed by atoms with Crippen LogP contribution in [0.4, 0.5) is 5.69 Å². The van der Waals surface area contributed by atoms with Crippen LogP contribution in [0.15, 0.2) is 90.5 Å². The van der Waals surface area contributed by atoms with E-state index < -0.39 is 17.7 Å². The third kappa shape index (κ3) is 2.99. The van der Waals surface area contributed by atoms with E-state index in [4.69, 9.17) is 0 Å². The van der Waals surface area contributed by atoms with E-state index >= 15 is 0 Å². The van der Waals surface area contributed by atoms with E-state index in [0.29, 0.717) is 11.3 Å². The van der Waals surface area contributed by atoms with Gasteiger partial charge in [-0.15, -0.1) is 0 Å². The molecule has 1 fully saturated rings. The molecule has 1 saturated heterocycles. The Morgan fingerprint density at radius 2 is 1.50 bits per heavy atom. The molecule has 0 radical (unpaired) electrons. The molecule has 138 valence electrons. The molecule has 3 aromatic carbocycles. The molecular formula is C24H19NO3. The molecule has 0 aliphatic carbocycles. The van der Waals surface area contributed by atoms with Crippen molar-refractivity contribution in [1.29, 1.82) is 0 Å². The molecule has 1 aliphatic rings. The number of carbonyl (C=O) groups is 2. The number of anilines is 1. The fourth-order valence-corrected chi connectivity index (χ4v) is 3.59. The van der Waals surface area contributed by atoms with Crippen molar-refractivity contribution in [3.8, 4) is 0 Å². The first kappa shape index (κ1) is 17.7. The first-order chi connectivity index (χ1) is 13.6. The fourth-order valence-electron chi connectivity index (χ4n) is 3.59. The molecule has 28 heavy (non-hydrogen) atoms. The Labute approximate surface area is 163 Å². The van der Waals surface area contributed by atoms with E-state index in [2.05, 4.69) is 0 Å². The number of benzene rings is 3. The SMILES string of the molecule is Cc1cccc(C2/C(=C(/O)c3ccccc3)C(=O)C(=O)N2c2ccccc2)c1. The second kappa shape index (κ2) is 7.16. The van der Waals surface area contributed by atoms with Crippen molar-refractivity contribution in [3.63, 3.8) is 0 Å². The Bertz CT molecular complexity index is 1070. The summed E-state index contributed by atoms with van der Waals surface area (Å²) in [6.07, 6.45) is 0. The molecule has 4 nitrogen and oxygen atoms in total. The smallest absolute Gasteiger partial charge is 0.300 e. The van der Waals surface area contributed by atoms with Gasteiger partial charge < -0.3 is 5.11 Å². The molecule has 1 atom stereocenters. The Morgan fingerprint density at radius 1 is 0.857 bits per heavy atom. The second-order valence-electron chi connectivity index (χ2n) is 6.78. The summed E-state index contributed by atoms with van der Waals surface area (Å²) in [5.41, 5.74) is 3.01. The Morgan fingerprint density at radius 3 is 2.14 bits per heavy atom. The van der Waals surface area contributed by atoms with Gasteiger partial charge in [0.1, 0.15) is 5.76 Å². The van der Waals surface area contributed by atoms with Gasteiger partial charge in [0, 0.05) is 11.3 Å². The maximum absolute atomic E-state index is 13.0. The average Bonchev–Trinajstić information content (AvgIpc) is 3.00. The van der Waals surface area contributed by atoms with Crippen LogP contribution in [-0.2, 0) is 9.59 Å². The van der Waals surface area contributed by atoms with E-state index in [1.54, 1.807) is 36.4 Å². The van der Waals surface area contributed by atoms with E-state index in [1.807, 2.05) is 55.5 Å². The number of aliphatic hydroxyl groups excluding tert-OH is 1. The zero-order valence-corrected chi connectivity index (χ0v) is 15.4. The van der Waals surface area contributed by atoms with Gasteiger partial charge in [0.15, 0.2) is 0 Å². The highest BCUT2D eigenvalue weighted by atomic mass is 16.3. The van der Waals surface area contributed by atoms with Gasteiger partial charge >= 0.3 is 0 Å². The molecule has 0 saturated carbocycles. The molecule has 1 unspecified atom stereocenters. The summed E-state index contributed by atoms with van der Waals surface area (Å²) < 4.78 is 0. The maximum atomic E-state index is 13.0. The van der Waals surface area contributed by atoms with Crippen molar-refractivity contribution >= 4 is 23.1 Å². The van der Waals surface area contributed by atoms with Crippen LogP contribution in [0.1, 0.15) is 22.7 Å². The molecule has 0 bridgehead atoms. The number of nitrogens with zero attached hydrogens (tertiary/aromatic N) is 1. The Balaban J connectivity index is 1.96. The summed E-state index contributed by atoms with van der Waals surface area (Å²) in [5, 5.41) is 11.0. The fraction of sp³-hybridized carbons (Fsp3) is 0.0833. The zero-order chi connectivity index (χ0) is 19.7. The standard InChI is InChI=1S/C24H19NO3/c1-16-9-8-12-18(15-16)21-20(22(26)17-10-4-2-5-11-17)23(27)24(28)25(21)19-13-6-3-7-14-19/h2-15,21,26H,1H3/b22-20-. The average molecular weight is 369 g/mol. The van der Waals surface area contributed by atoms with Gasteiger partial charge in [0.25, 0.3) is 11.7 Å². The number of amides is 1. The summed E-state index contributed by atoms with van der Waals surface area (Å²) in [7, 11) is 0. The van der Waals surface area contributed by atoms with E-state index in [0.717, 1.165) is 11.1 Å². The lowest BCUT2D eigenvalue weighted by molar-refractivity contribution is -0.132. The summed E-state index contributed by atoms with van der Waals surface area (Å²) in [4.78, 5) is 27.4. The molecule has 3 aromatic rings. The summed E-state index contributed by atoms with van der Waals surface area (Å²) in [6.45, 7) is 1.95. The van der Waals surface area contributed by atoms with Crippen LogP contribution < -0.4 is 4.90 Å². The van der Waals surface area contributed by atoms with Crippen molar-refractivity contribution in [3.05, 3.63) is 107 Å². The summed E-state index contributed by atoms with van der Waals surface area (Å²) >= 11 is 0. The number of aliphatic hydroxyl groups is 1. The molecule has 4 rings (SSSR count). The van der Waals surface area contributed by atoms with Crippen molar-refractivity contribution in [2.45, 2.75) is 13.0 Å². The molecule has 1 heterocycles. The highest BCUT2D eigenvalue weighted by Gasteiger charge is 2.46. The normalized spacial score (nSPS) is 18.5. The van der Waals surface area contributed by atoms with Crippen molar-refractivity contribution in [2.75, 3.05) is 4.90 Å². The van der Waals surface area contributed by atoms with Crippen LogP contribution in [0.2, 0.25) is 0 Å². The highest BCUT2D eigenvalue weighted by Crippen LogP contribution is 2.42. The van der Waals surface area contributed by atoms with Crippen LogP contribution in [0, 0.1) is 6.92 Å². The number of carbonyl (C=O) groups excluding carboxylic acids is 2. The topological polar surface area (TPSA) is 57.6 Å². The summed E-state index contributed by atoms with van der Waals surface area (Å²) in [5.74, 6) is -1.49. The van der Waals surface area contributed by atoms with E-state index in [9.17, 15) is 14.7 Å². The minimum atomic E-state index is -0.692. The zero-order valence-electron chi connectivity index (χ0n) is 15.4. The summed E-state index contributed by atoms with van der Waals surface area (Å²) in [6, 6.07) is 24.9. The van der Waals surface area contributed by atoms with Crippen LogP contribution in [0.3, 0.4) is 0 Å². The number of rotatable bonds is 3. The predicted molar refractivity (Wildman–Crippen MR) is 109 cm³/mol. The number of aryl methyl sites for hydroxylation is 1. The lowest BCUT2D eigenvalue weighted by Gasteiger charge is -2.25. The van der Waals surface area contributed by atoms with Gasteiger partial charge in [-0.05, 0) is 24.6 Å². The molecule has 1 N–H and O–H groups in total. The number of hydrogen-bond acceptors (Lipinski definition) is 3. The van der Waals surface area contributed by atoms with Gasteiger partial charge in [0.2, 0.25) is 0 Å². The van der Waals surface area contributed by atoms with Crippen LogP contribution in [0.25, 0.3) is 5.76 Å². The number of Topliss-reactive ketones (excluding diaryl/α,β-unsaturated/α-hetero) is 1.